The van der Waals surface area contributed by atoms with Crippen molar-refractivity contribution < 1.29 is 9.84 Å². The Morgan fingerprint density at radius 2 is 2.00 bits per heavy atom. The summed E-state index contributed by atoms with van der Waals surface area (Å²) in [4.78, 5) is 0. The van der Waals surface area contributed by atoms with Gasteiger partial charge in [-0.3, -0.25) is 4.68 Å². The Balaban J connectivity index is 2.03. The second-order valence-electron chi connectivity index (χ2n) is 4.59. The van der Waals surface area contributed by atoms with E-state index in [1.54, 1.807) is 0 Å². The zero-order valence-electron chi connectivity index (χ0n) is 11.8. The van der Waals surface area contributed by atoms with Crippen molar-refractivity contribution >= 4 is 15.9 Å². The van der Waals surface area contributed by atoms with E-state index in [-0.39, 0.29) is 6.61 Å². The molecule has 0 radical (unpaired) electrons. The van der Waals surface area contributed by atoms with Gasteiger partial charge in [0.1, 0.15) is 12.4 Å². The van der Waals surface area contributed by atoms with Gasteiger partial charge in [0.05, 0.1) is 15.9 Å². The summed E-state index contributed by atoms with van der Waals surface area (Å²) in [6.07, 6.45) is 1.57. The maximum Gasteiger partial charge on any atom is 0.131 e. The molecule has 0 aliphatic heterocycles. The molecule has 0 fully saturated rings. The molecule has 0 amide bonds. The molecule has 1 N–H and O–H groups in total. The van der Waals surface area contributed by atoms with Crippen LogP contribution in [0.1, 0.15) is 23.9 Å². The molecule has 1 aromatic heterocycles. The second-order valence-corrected chi connectivity index (χ2v) is 5.38. The molecule has 0 aliphatic rings. The van der Waals surface area contributed by atoms with Crippen LogP contribution in [-0.2, 0) is 26.5 Å². The lowest BCUT2D eigenvalue weighted by Gasteiger charge is -2.08. The molecule has 2 aromatic rings. The normalized spacial score (nSPS) is 10.8. The van der Waals surface area contributed by atoms with Crippen molar-refractivity contribution in [1.29, 1.82) is 0 Å². The lowest BCUT2D eigenvalue weighted by atomic mass is 10.1. The molecule has 2 rings (SSSR count). The molecule has 108 valence electrons. The molecule has 0 bridgehead atoms. The number of aliphatic hydroxyl groups is 1. The highest BCUT2D eigenvalue weighted by atomic mass is 79.9. The number of nitrogens with zero attached hydrogens (tertiary/aromatic N) is 2. The van der Waals surface area contributed by atoms with Gasteiger partial charge >= 0.3 is 0 Å². The summed E-state index contributed by atoms with van der Waals surface area (Å²) in [7, 11) is 1.92. The molecule has 20 heavy (non-hydrogen) atoms. The molecule has 0 saturated carbocycles. The van der Waals surface area contributed by atoms with Gasteiger partial charge in [0.2, 0.25) is 0 Å². The summed E-state index contributed by atoms with van der Waals surface area (Å²) in [6.45, 7) is 2.73. The van der Waals surface area contributed by atoms with Crippen LogP contribution in [0.4, 0.5) is 0 Å². The van der Waals surface area contributed by atoms with E-state index in [1.165, 1.54) is 0 Å². The van der Waals surface area contributed by atoms with E-state index in [2.05, 4.69) is 28.0 Å². The molecular formula is C15H19BrN2O2. The lowest BCUT2D eigenvalue weighted by molar-refractivity contribution is 0.292. The minimum atomic E-state index is 0.169. The van der Waals surface area contributed by atoms with Crippen molar-refractivity contribution in [1.82, 2.24) is 9.78 Å². The molecule has 0 aliphatic carbocycles. The Hall–Kier alpha value is -1.33. The van der Waals surface area contributed by atoms with E-state index in [0.717, 1.165) is 33.6 Å². The standard InChI is InChI=1S/C15H19BrN2O2/c1-3-13-15(16)14(18(2)17-13)10-20-12-6-4-11(5-7-12)8-9-19/h4-7,19H,3,8-10H2,1-2H3. The van der Waals surface area contributed by atoms with Gasteiger partial charge in [0, 0.05) is 13.7 Å². The SMILES string of the molecule is CCc1nn(C)c(COc2ccc(CCO)cc2)c1Br. The van der Waals surface area contributed by atoms with E-state index in [0.29, 0.717) is 13.0 Å². The van der Waals surface area contributed by atoms with Gasteiger partial charge < -0.3 is 9.84 Å². The number of hydrogen-bond acceptors (Lipinski definition) is 3. The largest absolute Gasteiger partial charge is 0.487 e. The van der Waals surface area contributed by atoms with Crippen LogP contribution >= 0.6 is 15.9 Å². The monoisotopic (exact) mass is 338 g/mol. The third-order valence-corrected chi connectivity index (χ3v) is 4.12. The van der Waals surface area contributed by atoms with Gasteiger partial charge in [-0.25, -0.2) is 0 Å². The van der Waals surface area contributed by atoms with Crippen LogP contribution in [0.25, 0.3) is 0 Å². The Kier molecular flexibility index (Phi) is 5.20. The minimum absolute atomic E-state index is 0.169. The van der Waals surface area contributed by atoms with E-state index in [1.807, 2.05) is 36.0 Å². The van der Waals surface area contributed by atoms with E-state index in [9.17, 15) is 0 Å². The van der Waals surface area contributed by atoms with Crippen molar-refractivity contribution in [3.8, 4) is 5.75 Å². The minimum Gasteiger partial charge on any atom is -0.487 e. The van der Waals surface area contributed by atoms with Gasteiger partial charge in [0.25, 0.3) is 0 Å². The number of ether oxygens (including phenoxy) is 1. The van der Waals surface area contributed by atoms with Gasteiger partial charge in [-0.1, -0.05) is 19.1 Å². The zero-order chi connectivity index (χ0) is 14.5. The summed E-state index contributed by atoms with van der Waals surface area (Å²) in [5.74, 6) is 0.817. The Bertz CT molecular complexity index is 564. The maximum atomic E-state index is 8.88. The van der Waals surface area contributed by atoms with Crippen molar-refractivity contribution in [2.45, 2.75) is 26.4 Å². The van der Waals surface area contributed by atoms with Crippen LogP contribution in [0.15, 0.2) is 28.7 Å². The molecule has 4 nitrogen and oxygen atoms in total. The molecule has 1 aromatic carbocycles. The van der Waals surface area contributed by atoms with Crippen LogP contribution < -0.4 is 4.74 Å². The average Bonchev–Trinajstić information content (AvgIpc) is 2.73. The first-order valence-corrected chi connectivity index (χ1v) is 7.47. The highest BCUT2D eigenvalue weighted by Crippen LogP contribution is 2.23. The van der Waals surface area contributed by atoms with Crippen LogP contribution in [0.3, 0.4) is 0 Å². The highest BCUT2D eigenvalue weighted by molar-refractivity contribution is 9.10. The number of benzene rings is 1. The zero-order valence-corrected chi connectivity index (χ0v) is 13.4. The summed E-state index contributed by atoms with van der Waals surface area (Å²) in [6, 6.07) is 7.80. The van der Waals surface area contributed by atoms with Crippen molar-refractivity contribution in [3.63, 3.8) is 0 Å². The quantitative estimate of drug-likeness (QED) is 0.880. The number of halogens is 1. The van der Waals surface area contributed by atoms with Crippen LogP contribution in [-0.4, -0.2) is 21.5 Å². The van der Waals surface area contributed by atoms with Gasteiger partial charge in [-0.05, 0) is 46.5 Å². The second kappa shape index (κ2) is 6.90. The average molecular weight is 339 g/mol. The van der Waals surface area contributed by atoms with Crippen molar-refractivity contribution in [3.05, 3.63) is 45.7 Å². The van der Waals surface area contributed by atoms with Gasteiger partial charge in [-0.2, -0.15) is 5.10 Å². The molecule has 0 saturated heterocycles. The predicted octanol–water partition coefficient (Wildman–Crippen LogP) is 2.86. The Morgan fingerprint density at radius 1 is 1.30 bits per heavy atom. The molecule has 5 heteroatoms. The van der Waals surface area contributed by atoms with Crippen LogP contribution in [0.5, 0.6) is 5.75 Å². The molecular weight excluding hydrogens is 320 g/mol. The maximum absolute atomic E-state index is 8.88. The fraction of sp³-hybridized carbons (Fsp3) is 0.400. The molecule has 0 spiro atoms. The third kappa shape index (κ3) is 3.41. The van der Waals surface area contributed by atoms with E-state index in [4.69, 9.17) is 9.84 Å². The number of aliphatic hydroxyl groups excluding tert-OH is 1. The first kappa shape index (κ1) is 15.1. The number of aromatic nitrogens is 2. The highest BCUT2D eigenvalue weighted by Gasteiger charge is 2.12. The fourth-order valence-corrected chi connectivity index (χ4v) is 2.74. The van der Waals surface area contributed by atoms with Crippen molar-refractivity contribution in [2.24, 2.45) is 7.05 Å². The first-order valence-electron chi connectivity index (χ1n) is 6.68. The first-order chi connectivity index (χ1) is 9.65. The number of aryl methyl sites for hydroxylation is 2. The summed E-state index contributed by atoms with van der Waals surface area (Å²) >= 11 is 3.58. The van der Waals surface area contributed by atoms with Crippen LogP contribution in [0.2, 0.25) is 0 Å². The molecule has 0 unspecified atom stereocenters. The van der Waals surface area contributed by atoms with Gasteiger partial charge in [0.15, 0.2) is 0 Å². The summed E-state index contributed by atoms with van der Waals surface area (Å²) in [5, 5.41) is 13.3. The molecule has 1 heterocycles. The van der Waals surface area contributed by atoms with Crippen molar-refractivity contribution in [2.75, 3.05) is 6.61 Å². The van der Waals surface area contributed by atoms with E-state index < -0.39 is 0 Å². The summed E-state index contributed by atoms with van der Waals surface area (Å²) in [5.41, 5.74) is 3.18. The number of hydrogen-bond donors (Lipinski definition) is 1. The third-order valence-electron chi connectivity index (χ3n) is 3.20. The fourth-order valence-electron chi connectivity index (χ4n) is 2.01. The van der Waals surface area contributed by atoms with Crippen LogP contribution in [0, 0.1) is 0 Å². The number of rotatable bonds is 6. The van der Waals surface area contributed by atoms with E-state index >= 15 is 0 Å². The Labute approximate surface area is 127 Å². The summed E-state index contributed by atoms with van der Waals surface area (Å²) < 4.78 is 8.67. The predicted molar refractivity (Wildman–Crippen MR) is 81.8 cm³/mol. The smallest absolute Gasteiger partial charge is 0.131 e. The Morgan fingerprint density at radius 3 is 2.55 bits per heavy atom. The lowest BCUT2D eigenvalue weighted by Crippen LogP contribution is -2.03. The molecule has 0 atom stereocenters. The van der Waals surface area contributed by atoms with Gasteiger partial charge in [-0.15, -0.1) is 0 Å². The topological polar surface area (TPSA) is 47.3 Å².